The minimum atomic E-state index is 0.513. The number of nitrogens with one attached hydrogen (secondary N) is 1. The molecule has 1 heterocycles. The predicted octanol–water partition coefficient (Wildman–Crippen LogP) is 4.36. The van der Waals surface area contributed by atoms with Gasteiger partial charge in [0.1, 0.15) is 0 Å². The van der Waals surface area contributed by atoms with Crippen LogP contribution in [0, 0.1) is 0 Å². The van der Waals surface area contributed by atoms with E-state index in [1.807, 2.05) is 18.2 Å². The van der Waals surface area contributed by atoms with E-state index in [0.717, 1.165) is 31.7 Å². The van der Waals surface area contributed by atoms with Gasteiger partial charge in [-0.05, 0) is 23.6 Å². The summed E-state index contributed by atoms with van der Waals surface area (Å²) < 4.78 is 0. The van der Waals surface area contributed by atoms with Crippen LogP contribution in [0.3, 0.4) is 0 Å². The Kier molecular flexibility index (Phi) is 5.37. The summed E-state index contributed by atoms with van der Waals surface area (Å²) in [4.78, 5) is 2.49. The molecule has 2 nitrogen and oxygen atoms in total. The zero-order valence-electron chi connectivity index (χ0n) is 12.4. The van der Waals surface area contributed by atoms with Gasteiger partial charge >= 0.3 is 0 Å². The maximum Gasteiger partial charge on any atom is 0.0637 e. The summed E-state index contributed by atoms with van der Waals surface area (Å²) in [7, 11) is 0. The first-order valence-corrected chi connectivity index (χ1v) is 8.40. The quantitative estimate of drug-likeness (QED) is 0.873. The molecule has 22 heavy (non-hydrogen) atoms. The van der Waals surface area contributed by atoms with Crippen LogP contribution in [0.2, 0.25) is 10.0 Å². The van der Waals surface area contributed by atoms with E-state index >= 15 is 0 Å². The molecule has 1 fully saturated rings. The fraction of sp³-hybridized carbons (Fsp3) is 0.333. The zero-order chi connectivity index (χ0) is 15.4. The van der Waals surface area contributed by atoms with E-state index in [0.29, 0.717) is 16.1 Å². The second kappa shape index (κ2) is 7.47. The van der Waals surface area contributed by atoms with E-state index in [2.05, 4.69) is 40.5 Å². The minimum absolute atomic E-state index is 0.513. The van der Waals surface area contributed by atoms with Crippen LogP contribution in [-0.4, -0.2) is 24.0 Å². The Hall–Kier alpha value is -1.06. The van der Waals surface area contributed by atoms with Crippen molar-refractivity contribution in [3.05, 3.63) is 69.7 Å². The zero-order valence-corrected chi connectivity index (χ0v) is 13.9. The first-order valence-electron chi connectivity index (χ1n) is 7.65. The van der Waals surface area contributed by atoms with Gasteiger partial charge in [0.05, 0.1) is 10.0 Å². The molecule has 0 aliphatic carbocycles. The molecule has 0 radical (unpaired) electrons. The smallest absolute Gasteiger partial charge is 0.0637 e. The van der Waals surface area contributed by atoms with Crippen molar-refractivity contribution in [2.45, 2.75) is 25.6 Å². The van der Waals surface area contributed by atoms with Gasteiger partial charge in [-0.2, -0.15) is 0 Å². The molecule has 0 saturated carbocycles. The number of hydrogen-bond donors (Lipinski definition) is 1. The fourth-order valence-corrected chi connectivity index (χ4v) is 3.31. The number of hydrogen-bond acceptors (Lipinski definition) is 2. The van der Waals surface area contributed by atoms with Gasteiger partial charge < -0.3 is 5.32 Å². The molecule has 1 unspecified atom stereocenters. The molecule has 1 aliphatic heterocycles. The van der Waals surface area contributed by atoms with E-state index in [-0.39, 0.29) is 0 Å². The second-order valence-corrected chi connectivity index (χ2v) is 6.59. The van der Waals surface area contributed by atoms with Crippen LogP contribution >= 0.6 is 23.2 Å². The SMILES string of the molecule is Clc1cccc(CNC2CCN(Cc3ccccc3)C2)c1Cl. The maximum atomic E-state index is 6.23. The van der Waals surface area contributed by atoms with Crippen LogP contribution in [-0.2, 0) is 13.1 Å². The van der Waals surface area contributed by atoms with Crippen LogP contribution < -0.4 is 5.32 Å². The molecule has 4 heteroatoms. The summed E-state index contributed by atoms with van der Waals surface area (Å²) in [6.45, 7) is 4.00. The Morgan fingerprint density at radius 1 is 1.05 bits per heavy atom. The Labute approximate surface area is 142 Å². The van der Waals surface area contributed by atoms with E-state index in [4.69, 9.17) is 23.2 Å². The summed E-state index contributed by atoms with van der Waals surface area (Å²) in [6, 6.07) is 16.9. The Morgan fingerprint density at radius 3 is 2.68 bits per heavy atom. The predicted molar refractivity (Wildman–Crippen MR) is 93.4 cm³/mol. The lowest BCUT2D eigenvalue weighted by Crippen LogP contribution is -2.32. The molecular weight excluding hydrogens is 315 g/mol. The average molecular weight is 335 g/mol. The highest BCUT2D eigenvalue weighted by atomic mass is 35.5. The Balaban J connectivity index is 1.50. The van der Waals surface area contributed by atoms with Crippen LogP contribution in [0.25, 0.3) is 0 Å². The minimum Gasteiger partial charge on any atom is -0.309 e. The highest BCUT2D eigenvalue weighted by Crippen LogP contribution is 2.25. The van der Waals surface area contributed by atoms with Gasteiger partial charge in [0, 0.05) is 32.2 Å². The molecule has 2 aromatic carbocycles. The highest BCUT2D eigenvalue weighted by molar-refractivity contribution is 6.42. The normalized spacial score (nSPS) is 18.7. The van der Waals surface area contributed by atoms with Gasteiger partial charge in [0.15, 0.2) is 0 Å². The molecule has 1 saturated heterocycles. The van der Waals surface area contributed by atoms with Crippen molar-refractivity contribution in [3.63, 3.8) is 0 Å². The van der Waals surface area contributed by atoms with E-state index in [1.54, 1.807) is 0 Å². The number of likely N-dealkylation sites (tertiary alicyclic amines) is 1. The van der Waals surface area contributed by atoms with Crippen molar-refractivity contribution in [1.82, 2.24) is 10.2 Å². The molecule has 0 amide bonds. The summed E-state index contributed by atoms with van der Waals surface area (Å²) in [5, 5.41) is 4.88. The molecule has 1 atom stereocenters. The number of benzene rings is 2. The topological polar surface area (TPSA) is 15.3 Å². The largest absolute Gasteiger partial charge is 0.309 e. The Morgan fingerprint density at radius 2 is 1.86 bits per heavy atom. The van der Waals surface area contributed by atoms with Crippen molar-refractivity contribution >= 4 is 23.2 Å². The van der Waals surface area contributed by atoms with E-state index in [9.17, 15) is 0 Å². The first-order chi connectivity index (χ1) is 10.7. The summed E-state index contributed by atoms with van der Waals surface area (Å²) >= 11 is 12.3. The monoisotopic (exact) mass is 334 g/mol. The summed E-state index contributed by atoms with van der Waals surface area (Å²) in [5.74, 6) is 0. The van der Waals surface area contributed by atoms with E-state index in [1.165, 1.54) is 12.0 Å². The molecule has 0 spiro atoms. The third-order valence-electron chi connectivity index (χ3n) is 4.13. The van der Waals surface area contributed by atoms with Crippen LogP contribution in [0.1, 0.15) is 17.5 Å². The standard InChI is InChI=1S/C18H20Cl2N2/c19-17-8-4-7-15(18(17)20)11-21-16-9-10-22(13-16)12-14-5-2-1-3-6-14/h1-8,16,21H,9-13H2. The van der Waals surface area contributed by atoms with E-state index < -0.39 is 0 Å². The van der Waals surface area contributed by atoms with Crippen molar-refractivity contribution in [1.29, 1.82) is 0 Å². The molecule has 116 valence electrons. The Bertz CT molecular complexity index is 616. The third-order valence-corrected chi connectivity index (χ3v) is 4.99. The van der Waals surface area contributed by atoms with Gasteiger partial charge in [0.25, 0.3) is 0 Å². The van der Waals surface area contributed by atoms with Crippen LogP contribution in [0.4, 0.5) is 0 Å². The van der Waals surface area contributed by atoms with Crippen molar-refractivity contribution in [2.24, 2.45) is 0 Å². The lowest BCUT2D eigenvalue weighted by molar-refractivity contribution is 0.320. The van der Waals surface area contributed by atoms with Gasteiger partial charge in [-0.1, -0.05) is 65.7 Å². The average Bonchev–Trinajstić information content (AvgIpc) is 2.97. The first kappa shape index (κ1) is 15.8. The molecule has 0 aromatic heterocycles. The summed E-state index contributed by atoms with van der Waals surface area (Å²) in [6.07, 6.45) is 1.17. The molecule has 1 aliphatic rings. The lowest BCUT2D eigenvalue weighted by Gasteiger charge is -2.17. The van der Waals surface area contributed by atoms with Crippen molar-refractivity contribution < 1.29 is 0 Å². The maximum absolute atomic E-state index is 6.23. The second-order valence-electron chi connectivity index (χ2n) is 5.80. The van der Waals surface area contributed by atoms with Gasteiger partial charge in [-0.15, -0.1) is 0 Å². The summed E-state index contributed by atoms with van der Waals surface area (Å²) in [5.41, 5.74) is 2.44. The van der Waals surface area contributed by atoms with Gasteiger partial charge in [0.2, 0.25) is 0 Å². The molecule has 1 N–H and O–H groups in total. The molecule has 3 rings (SSSR count). The lowest BCUT2D eigenvalue weighted by atomic mass is 10.2. The van der Waals surface area contributed by atoms with Crippen molar-refractivity contribution in [3.8, 4) is 0 Å². The fourth-order valence-electron chi connectivity index (χ4n) is 2.92. The van der Waals surface area contributed by atoms with Gasteiger partial charge in [-0.3, -0.25) is 4.90 Å². The third kappa shape index (κ3) is 4.02. The number of nitrogens with zero attached hydrogens (tertiary/aromatic N) is 1. The number of rotatable bonds is 5. The number of halogens is 2. The molecular formula is C18H20Cl2N2. The molecule has 2 aromatic rings. The van der Waals surface area contributed by atoms with Crippen LogP contribution in [0.5, 0.6) is 0 Å². The van der Waals surface area contributed by atoms with Crippen molar-refractivity contribution in [2.75, 3.05) is 13.1 Å². The highest BCUT2D eigenvalue weighted by Gasteiger charge is 2.22. The molecule has 0 bridgehead atoms. The van der Waals surface area contributed by atoms with Crippen LogP contribution in [0.15, 0.2) is 48.5 Å². The van der Waals surface area contributed by atoms with Gasteiger partial charge in [-0.25, -0.2) is 0 Å².